The predicted molar refractivity (Wildman–Crippen MR) is 72.8 cm³/mol. The lowest BCUT2D eigenvalue weighted by atomic mass is 10.1. The third kappa shape index (κ3) is 2.56. The molecule has 0 bridgehead atoms. The zero-order valence-electron chi connectivity index (χ0n) is 11.0. The Morgan fingerprint density at radius 3 is 3.00 bits per heavy atom. The van der Waals surface area contributed by atoms with Crippen molar-refractivity contribution >= 4 is 5.82 Å². The SMILES string of the molecule is CCn1ccnc(N2CCCCCC2CN)c1=O. The quantitative estimate of drug-likeness (QED) is 0.868. The predicted octanol–water partition coefficient (Wildman–Crippen LogP) is 0.971. The van der Waals surface area contributed by atoms with Gasteiger partial charge in [-0.1, -0.05) is 12.8 Å². The summed E-state index contributed by atoms with van der Waals surface area (Å²) in [6.45, 7) is 4.11. The number of nitrogens with zero attached hydrogens (tertiary/aromatic N) is 3. The fourth-order valence-corrected chi connectivity index (χ4v) is 2.58. The van der Waals surface area contributed by atoms with Gasteiger partial charge >= 0.3 is 0 Å². The van der Waals surface area contributed by atoms with Crippen molar-refractivity contribution in [3.8, 4) is 0 Å². The minimum atomic E-state index is 0.000324. The summed E-state index contributed by atoms with van der Waals surface area (Å²) in [4.78, 5) is 18.7. The second-order valence-electron chi connectivity index (χ2n) is 4.77. The molecule has 100 valence electrons. The zero-order chi connectivity index (χ0) is 13.0. The van der Waals surface area contributed by atoms with Crippen LogP contribution in [0.5, 0.6) is 0 Å². The van der Waals surface area contributed by atoms with Gasteiger partial charge in [-0.25, -0.2) is 4.98 Å². The molecule has 5 nitrogen and oxygen atoms in total. The van der Waals surface area contributed by atoms with E-state index in [0.29, 0.717) is 18.9 Å². The highest BCUT2D eigenvalue weighted by molar-refractivity contribution is 5.37. The highest BCUT2D eigenvalue weighted by atomic mass is 16.1. The molecule has 1 aromatic heterocycles. The molecule has 2 N–H and O–H groups in total. The average molecular weight is 250 g/mol. The minimum absolute atomic E-state index is 0.000324. The Labute approximate surface area is 108 Å². The van der Waals surface area contributed by atoms with Gasteiger partial charge in [0.2, 0.25) is 0 Å². The van der Waals surface area contributed by atoms with E-state index >= 15 is 0 Å². The van der Waals surface area contributed by atoms with Gasteiger partial charge in [0.15, 0.2) is 5.82 Å². The topological polar surface area (TPSA) is 64.2 Å². The van der Waals surface area contributed by atoms with Crippen molar-refractivity contribution in [3.63, 3.8) is 0 Å². The van der Waals surface area contributed by atoms with Crippen molar-refractivity contribution in [2.45, 2.75) is 45.2 Å². The Hall–Kier alpha value is -1.36. The largest absolute Gasteiger partial charge is 0.348 e. The van der Waals surface area contributed by atoms with Gasteiger partial charge in [-0.3, -0.25) is 4.79 Å². The molecule has 5 heteroatoms. The summed E-state index contributed by atoms with van der Waals surface area (Å²) in [6, 6.07) is 0.250. The number of nitrogens with two attached hydrogens (primary N) is 1. The average Bonchev–Trinajstić information content (AvgIpc) is 2.64. The second kappa shape index (κ2) is 6.00. The van der Waals surface area contributed by atoms with Crippen LogP contribution in [0.3, 0.4) is 0 Å². The Kier molecular flexibility index (Phi) is 4.36. The van der Waals surface area contributed by atoms with Gasteiger partial charge in [0.1, 0.15) is 0 Å². The first-order chi connectivity index (χ1) is 8.77. The molecular formula is C13H22N4O. The summed E-state index contributed by atoms with van der Waals surface area (Å²) >= 11 is 0. The van der Waals surface area contributed by atoms with Crippen LogP contribution in [0.2, 0.25) is 0 Å². The molecule has 1 unspecified atom stereocenters. The monoisotopic (exact) mass is 250 g/mol. The van der Waals surface area contributed by atoms with Gasteiger partial charge < -0.3 is 15.2 Å². The van der Waals surface area contributed by atoms with Crippen LogP contribution < -0.4 is 16.2 Å². The van der Waals surface area contributed by atoms with E-state index in [9.17, 15) is 4.79 Å². The summed E-state index contributed by atoms with van der Waals surface area (Å²) in [7, 11) is 0. The molecule has 0 amide bonds. The first-order valence-electron chi connectivity index (χ1n) is 6.80. The smallest absolute Gasteiger partial charge is 0.293 e. The Balaban J connectivity index is 2.35. The molecule has 0 saturated carbocycles. The van der Waals surface area contributed by atoms with Gasteiger partial charge in [-0.15, -0.1) is 0 Å². The van der Waals surface area contributed by atoms with Gasteiger partial charge in [0, 0.05) is 38.1 Å². The molecule has 1 aliphatic heterocycles. The summed E-state index contributed by atoms with van der Waals surface area (Å²) < 4.78 is 1.70. The van der Waals surface area contributed by atoms with Crippen molar-refractivity contribution in [2.24, 2.45) is 5.73 Å². The van der Waals surface area contributed by atoms with E-state index in [-0.39, 0.29) is 11.6 Å². The Morgan fingerprint density at radius 1 is 1.44 bits per heavy atom. The highest BCUT2D eigenvalue weighted by Gasteiger charge is 2.23. The lowest BCUT2D eigenvalue weighted by Gasteiger charge is -2.29. The molecule has 1 fully saturated rings. The van der Waals surface area contributed by atoms with Crippen molar-refractivity contribution in [1.82, 2.24) is 9.55 Å². The van der Waals surface area contributed by atoms with Gasteiger partial charge in [0.05, 0.1) is 0 Å². The number of aromatic nitrogens is 2. The Morgan fingerprint density at radius 2 is 2.28 bits per heavy atom. The molecule has 2 rings (SSSR count). The number of hydrogen-bond donors (Lipinski definition) is 1. The normalized spacial score (nSPS) is 20.8. The van der Waals surface area contributed by atoms with Crippen LogP contribution >= 0.6 is 0 Å². The maximum absolute atomic E-state index is 12.3. The molecule has 1 saturated heterocycles. The molecule has 1 atom stereocenters. The van der Waals surface area contributed by atoms with Crippen LogP contribution in [0, 0.1) is 0 Å². The lowest BCUT2D eigenvalue weighted by Crippen LogP contribution is -2.44. The standard InChI is InChI=1S/C13H22N4O/c1-2-16-9-7-15-12(13(16)18)17-8-5-3-4-6-11(17)10-14/h7,9,11H,2-6,8,10,14H2,1H3. The van der Waals surface area contributed by atoms with Crippen LogP contribution in [-0.2, 0) is 6.54 Å². The molecule has 0 aromatic carbocycles. The Bertz CT molecular complexity index is 443. The number of anilines is 1. The maximum atomic E-state index is 12.3. The first kappa shape index (κ1) is 13.1. The van der Waals surface area contributed by atoms with E-state index in [1.165, 1.54) is 12.8 Å². The van der Waals surface area contributed by atoms with Crippen LogP contribution in [0.1, 0.15) is 32.6 Å². The van der Waals surface area contributed by atoms with Crippen molar-refractivity contribution in [3.05, 3.63) is 22.7 Å². The second-order valence-corrected chi connectivity index (χ2v) is 4.77. The van der Waals surface area contributed by atoms with E-state index < -0.39 is 0 Å². The summed E-state index contributed by atoms with van der Waals surface area (Å²) in [6.07, 6.45) is 8.01. The minimum Gasteiger partial charge on any atom is -0.348 e. The van der Waals surface area contributed by atoms with Crippen LogP contribution in [0.4, 0.5) is 5.82 Å². The fraction of sp³-hybridized carbons (Fsp3) is 0.692. The number of aryl methyl sites for hydroxylation is 1. The summed E-state index contributed by atoms with van der Waals surface area (Å²) in [5.74, 6) is 0.566. The number of rotatable bonds is 3. The van der Waals surface area contributed by atoms with E-state index in [0.717, 1.165) is 19.4 Å². The molecule has 0 spiro atoms. The summed E-state index contributed by atoms with van der Waals surface area (Å²) in [5.41, 5.74) is 5.84. The summed E-state index contributed by atoms with van der Waals surface area (Å²) in [5, 5.41) is 0. The van der Waals surface area contributed by atoms with E-state index in [1.807, 2.05) is 6.92 Å². The third-order valence-electron chi connectivity index (χ3n) is 3.66. The maximum Gasteiger partial charge on any atom is 0.293 e. The van der Waals surface area contributed by atoms with E-state index in [1.54, 1.807) is 17.0 Å². The molecule has 1 aliphatic rings. The van der Waals surface area contributed by atoms with Crippen LogP contribution in [-0.4, -0.2) is 28.7 Å². The molecule has 0 aliphatic carbocycles. The molecule has 0 radical (unpaired) electrons. The third-order valence-corrected chi connectivity index (χ3v) is 3.66. The molecule has 1 aromatic rings. The first-order valence-corrected chi connectivity index (χ1v) is 6.80. The number of hydrogen-bond acceptors (Lipinski definition) is 4. The molecular weight excluding hydrogens is 228 g/mol. The van der Waals surface area contributed by atoms with Crippen molar-refractivity contribution in [2.75, 3.05) is 18.0 Å². The van der Waals surface area contributed by atoms with Crippen LogP contribution in [0.15, 0.2) is 17.2 Å². The molecule has 18 heavy (non-hydrogen) atoms. The van der Waals surface area contributed by atoms with Crippen LogP contribution in [0.25, 0.3) is 0 Å². The van der Waals surface area contributed by atoms with E-state index in [4.69, 9.17) is 5.73 Å². The lowest BCUT2D eigenvalue weighted by molar-refractivity contribution is 0.569. The highest BCUT2D eigenvalue weighted by Crippen LogP contribution is 2.19. The van der Waals surface area contributed by atoms with Crippen molar-refractivity contribution in [1.29, 1.82) is 0 Å². The molecule has 2 heterocycles. The fourth-order valence-electron chi connectivity index (χ4n) is 2.58. The zero-order valence-corrected chi connectivity index (χ0v) is 11.0. The van der Waals surface area contributed by atoms with Gasteiger partial charge in [0.25, 0.3) is 5.56 Å². The van der Waals surface area contributed by atoms with Gasteiger partial charge in [-0.05, 0) is 19.8 Å². The van der Waals surface area contributed by atoms with Crippen molar-refractivity contribution < 1.29 is 0 Å². The van der Waals surface area contributed by atoms with E-state index in [2.05, 4.69) is 9.88 Å². The van der Waals surface area contributed by atoms with Gasteiger partial charge in [-0.2, -0.15) is 0 Å².